The summed E-state index contributed by atoms with van der Waals surface area (Å²) >= 11 is 0. The van der Waals surface area contributed by atoms with Gasteiger partial charge in [0, 0.05) is 45.7 Å². The van der Waals surface area contributed by atoms with E-state index in [2.05, 4.69) is 23.4 Å². The zero-order valence-electron chi connectivity index (χ0n) is 16.2. The predicted molar refractivity (Wildman–Crippen MR) is 104 cm³/mol. The molecule has 0 radical (unpaired) electrons. The number of rotatable bonds is 10. The van der Waals surface area contributed by atoms with Crippen molar-refractivity contribution in [3.8, 4) is 0 Å². The van der Waals surface area contributed by atoms with Crippen LogP contribution in [-0.4, -0.2) is 84.8 Å². The van der Waals surface area contributed by atoms with Crippen molar-refractivity contribution in [1.29, 1.82) is 0 Å². The first-order valence-corrected chi connectivity index (χ1v) is 9.77. The molecule has 2 rings (SSSR count). The number of aliphatic hydroxyl groups is 1. The van der Waals surface area contributed by atoms with Crippen LogP contribution in [0.25, 0.3) is 0 Å². The molecular weight excluding hydrogens is 346 g/mol. The quantitative estimate of drug-likeness (QED) is 0.542. The molecule has 7 nitrogen and oxygen atoms in total. The molecule has 2 fully saturated rings. The minimum absolute atomic E-state index is 0.106. The Balaban J connectivity index is 1.82. The average Bonchev–Trinajstić information content (AvgIpc) is 2.67. The summed E-state index contributed by atoms with van der Waals surface area (Å²) in [6.45, 7) is 12.6. The second-order valence-corrected chi connectivity index (χ2v) is 7.46. The third-order valence-electron chi connectivity index (χ3n) is 5.30. The number of carbonyl (C=O) groups excluding carboxylic acids is 2. The molecule has 2 N–H and O–H groups in total. The first-order valence-electron chi connectivity index (χ1n) is 9.77. The Kier molecular flexibility index (Phi) is 8.47. The van der Waals surface area contributed by atoms with E-state index in [0.29, 0.717) is 38.8 Å². The molecule has 7 heteroatoms. The lowest BCUT2D eigenvalue weighted by atomic mass is 9.93. The molecule has 2 aliphatic heterocycles. The van der Waals surface area contributed by atoms with E-state index >= 15 is 0 Å². The number of hydrogen-bond acceptors (Lipinski definition) is 5. The lowest BCUT2D eigenvalue weighted by Crippen LogP contribution is -2.51. The van der Waals surface area contributed by atoms with Crippen LogP contribution in [0.5, 0.6) is 0 Å². The lowest BCUT2D eigenvalue weighted by molar-refractivity contribution is -0.139. The van der Waals surface area contributed by atoms with Crippen LogP contribution in [0.15, 0.2) is 25.3 Å². The molecule has 2 heterocycles. The Labute approximate surface area is 162 Å². The van der Waals surface area contributed by atoms with Crippen molar-refractivity contribution in [1.82, 2.24) is 15.1 Å². The van der Waals surface area contributed by atoms with Gasteiger partial charge >= 0.3 is 0 Å². The number of piperidine rings is 1. The number of amides is 2. The van der Waals surface area contributed by atoms with Crippen molar-refractivity contribution >= 4 is 11.8 Å². The number of nitrogens with zero attached hydrogens (tertiary/aromatic N) is 2. The summed E-state index contributed by atoms with van der Waals surface area (Å²) in [5.41, 5.74) is -1.06. The van der Waals surface area contributed by atoms with Crippen LogP contribution >= 0.6 is 0 Å². The SMILES string of the molecule is C=CCC(O)(CC=C)CNC(=O)C1CCC(=O)N(CCN2CCOCC2)C1. The second-order valence-electron chi connectivity index (χ2n) is 7.46. The van der Waals surface area contributed by atoms with E-state index in [0.717, 1.165) is 32.8 Å². The summed E-state index contributed by atoms with van der Waals surface area (Å²) in [6, 6.07) is 0. The highest BCUT2D eigenvalue weighted by Crippen LogP contribution is 2.20. The van der Waals surface area contributed by atoms with Gasteiger partial charge in [-0.25, -0.2) is 0 Å². The molecule has 1 atom stereocenters. The first kappa shape index (κ1) is 21.6. The highest BCUT2D eigenvalue weighted by Gasteiger charge is 2.32. The van der Waals surface area contributed by atoms with E-state index in [4.69, 9.17) is 4.74 Å². The number of hydrogen-bond donors (Lipinski definition) is 2. The minimum atomic E-state index is -1.06. The van der Waals surface area contributed by atoms with Gasteiger partial charge in [0.05, 0.1) is 24.7 Å². The van der Waals surface area contributed by atoms with Crippen LogP contribution < -0.4 is 5.32 Å². The van der Waals surface area contributed by atoms with Gasteiger partial charge < -0.3 is 20.1 Å². The smallest absolute Gasteiger partial charge is 0.225 e. The molecule has 152 valence electrons. The fourth-order valence-corrected chi connectivity index (χ4v) is 3.59. The molecule has 0 saturated carbocycles. The molecule has 1 unspecified atom stereocenters. The Hall–Kier alpha value is -1.70. The third kappa shape index (κ3) is 6.75. The number of nitrogens with one attached hydrogen (secondary N) is 1. The van der Waals surface area contributed by atoms with Gasteiger partial charge in [-0.15, -0.1) is 13.2 Å². The molecule has 27 heavy (non-hydrogen) atoms. The van der Waals surface area contributed by atoms with Gasteiger partial charge in [0.15, 0.2) is 0 Å². The first-order chi connectivity index (χ1) is 13.0. The minimum Gasteiger partial charge on any atom is -0.387 e. The maximum Gasteiger partial charge on any atom is 0.225 e. The Bertz CT molecular complexity index is 521. The average molecular weight is 380 g/mol. The molecule has 2 saturated heterocycles. The topological polar surface area (TPSA) is 82.1 Å². The Morgan fingerprint density at radius 1 is 1.26 bits per heavy atom. The second kappa shape index (κ2) is 10.6. The van der Waals surface area contributed by atoms with Gasteiger partial charge in [-0.3, -0.25) is 14.5 Å². The molecule has 0 aromatic rings. The normalized spacial score (nSPS) is 21.7. The highest BCUT2D eigenvalue weighted by atomic mass is 16.5. The molecule has 0 aromatic heterocycles. The molecule has 0 aromatic carbocycles. The van der Waals surface area contributed by atoms with Crippen LogP contribution in [0.2, 0.25) is 0 Å². The third-order valence-corrected chi connectivity index (χ3v) is 5.30. The van der Waals surface area contributed by atoms with E-state index in [1.807, 2.05) is 0 Å². The predicted octanol–water partition coefficient (Wildman–Crippen LogP) is 0.557. The van der Waals surface area contributed by atoms with Gasteiger partial charge in [0.1, 0.15) is 0 Å². The zero-order chi connectivity index (χ0) is 19.7. The van der Waals surface area contributed by atoms with Crippen molar-refractivity contribution in [3.63, 3.8) is 0 Å². The molecular formula is C20H33N3O4. The Morgan fingerprint density at radius 2 is 1.93 bits per heavy atom. The van der Waals surface area contributed by atoms with Gasteiger partial charge in [0.25, 0.3) is 0 Å². The summed E-state index contributed by atoms with van der Waals surface area (Å²) < 4.78 is 5.34. The van der Waals surface area contributed by atoms with Crippen molar-refractivity contribution in [2.45, 2.75) is 31.3 Å². The van der Waals surface area contributed by atoms with Crippen LogP contribution in [-0.2, 0) is 14.3 Å². The van der Waals surface area contributed by atoms with Crippen LogP contribution in [0.1, 0.15) is 25.7 Å². The van der Waals surface area contributed by atoms with Crippen molar-refractivity contribution in [3.05, 3.63) is 25.3 Å². The molecule has 2 aliphatic rings. The van der Waals surface area contributed by atoms with E-state index in [9.17, 15) is 14.7 Å². The maximum absolute atomic E-state index is 12.6. The molecule has 0 bridgehead atoms. The van der Waals surface area contributed by atoms with Crippen molar-refractivity contribution in [2.75, 3.05) is 52.5 Å². The fourth-order valence-electron chi connectivity index (χ4n) is 3.59. The van der Waals surface area contributed by atoms with E-state index < -0.39 is 5.60 Å². The van der Waals surface area contributed by atoms with Crippen molar-refractivity contribution < 1.29 is 19.4 Å². The molecule has 0 aliphatic carbocycles. The maximum atomic E-state index is 12.6. The number of morpholine rings is 1. The van der Waals surface area contributed by atoms with Gasteiger partial charge in [-0.05, 0) is 19.3 Å². The number of likely N-dealkylation sites (tertiary alicyclic amines) is 1. The fraction of sp³-hybridized carbons (Fsp3) is 0.700. The van der Waals surface area contributed by atoms with E-state index in [1.165, 1.54) is 0 Å². The standard InChI is InChI=1S/C20H33N3O4/c1-3-7-20(26,8-4-2)16-21-19(25)17-5-6-18(24)23(15-17)10-9-22-11-13-27-14-12-22/h3-4,17,26H,1-2,5-16H2,(H,21,25). The van der Waals surface area contributed by atoms with Crippen LogP contribution in [0.4, 0.5) is 0 Å². The zero-order valence-corrected chi connectivity index (χ0v) is 16.2. The van der Waals surface area contributed by atoms with Gasteiger partial charge in [0.2, 0.25) is 11.8 Å². The number of carbonyl (C=O) groups is 2. The van der Waals surface area contributed by atoms with Crippen LogP contribution in [0.3, 0.4) is 0 Å². The summed E-state index contributed by atoms with van der Waals surface area (Å²) in [5, 5.41) is 13.4. The largest absolute Gasteiger partial charge is 0.387 e. The van der Waals surface area contributed by atoms with Gasteiger partial charge in [-0.2, -0.15) is 0 Å². The summed E-state index contributed by atoms with van der Waals surface area (Å²) in [5.74, 6) is -0.225. The summed E-state index contributed by atoms with van der Waals surface area (Å²) in [6.07, 6.45) is 5.00. The lowest BCUT2D eigenvalue weighted by Gasteiger charge is -2.35. The molecule has 2 amide bonds. The summed E-state index contributed by atoms with van der Waals surface area (Å²) in [7, 11) is 0. The van der Waals surface area contributed by atoms with Crippen LogP contribution in [0, 0.1) is 5.92 Å². The Morgan fingerprint density at radius 3 is 2.56 bits per heavy atom. The monoisotopic (exact) mass is 379 g/mol. The molecule has 0 spiro atoms. The summed E-state index contributed by atoms with van der Waals surface area (Å²) in [4.78, 5) is 28.9. The highest BCUT2D eigenvalue weighted by molar-refractivity contribution is 5.83. The van der Waals surface area contributed by atoms with E-state index in [-0.39, 0.29) is 24.3 Å². The van der Waals surface area contributed by atoms with Gasteiger partial charge in [-0.1, -0.05) is 12.2 Å². The van der Waals surface area contributed by atoms with Crippen molar-refractivity contribution in [2.24, 2.45) is 5.92 Å². The number of ether oxygens (including phenoxy) is 1. The van der Waals surface area contributed by atoms with E-state index in [1.54, 1.807) is 17.1 Å².